The van der Waals surface area contributed by atoms with Crippen molar-refractivity contribution in [3.05, 3.63) is 12.2 Å². The van der Waals surface area contributed by atoms with Crippen molar-refractivity contribution in [3.63, 3.8) is 0 Å². The topological polar surface area (TPSA) is 107 Å². The minimum Gasteiger partial charge on any atom is -0.481 e. The number of carbonyl (C=O) groups excluding carboxylic acids is 3. The van der Waals surface area contributed by atoms with E-state index in [1.54, 1.807) is 13.8 Å². The van der Waals surface area contributed by atoms with Gasteiger partial charge in [0.1, 0.15) is 6.10 Å². The number of carboxylic acid groups (broad SMARTS) is 1. The van der Waals surface area contributed by atoms with Crippen LogP contribution in [-0.2, 0) is 23.9 Å². The number of ether oxygens (including phenoxy) is 1. The minimum atomic E-state index is -1.15. The Morgan fingerprint density at radius 3 is 2.24 bits per heavy atom. The number of rotatable bonds is 10. The maximum absolute atomic E-state index is 14.2. The Morgan fingerprint density at radius 1 is 0.907 bits per heavy atom. The fourth-order valence-electron chi connectivity index (χ4n) is 14.3. The van der Waals surface area contributed by atoms with E-state index in [0.717, 1.165) is 57.9 Å². The Kier molecular flexibility index (Phi) is 10.8. The monoisotopic (exact) mass is 752 g/mol. The zero-order chi connectivity index (χ0) is 39.8. The fourth-order valence-corrected chi connectivity index (χ4v) is 14.3. The first kappa shape index (κ1) is 41.2. The standard InChI is InChI=1S/C45H73N3O6/c1-29(2)30-14-19-45(26-35(49)48-25-24-47(36(50)28-48)23-22-46(10)11)21-20-43(8)31(38(30)45)12-13-33-42(7)17-16-34(54-37(51)27-40(3,4)39(52)53)41(5,6)32(42)15-18-44(33,43)9/h30-34,38H,1,12-28H2,2-11H3,(H,52,53)/t30-,31+,32-,33+,34-,38+,42-,43+,44+,45+/m0/s1. The van der Waals surface area contributed by atoms with Crippen molar-refractivity contribution in [2.24, 2.45) is 62.1 Å². The molecular weight excluding hydrogens is 679 g/mol. The van der Waals surface area contributed by atoms with E-state index < -0.39 is 17.4 Å². The molecule has 0 spiro atoms. The van der Waals surface area contributed by atoms with Gasteiger partial charge in [0.05, 0.1) is 18.4 Å². The molecule has 1 N–H and O–H groups in total. The molecule has 6 aliphatic rings. The van der Waals surface area contributed by atoms with Gasteiger partial charge in [0.25, 0.3) is 0 Å². The lowest BCUT2D eigenvalue weighted by Gasteiger charge is -2.73. The normalized spacial score (nSPS) is 40.3. The van der Waals surface area contributed by atoms with Gasteiger partial charge in [-0.1, -0.05) is 46.8 Å². The van der Waals surface area contributed by atoms with Crippen molar-refractivity contribution < 1.29 is 29.0 Å². The van der Waals surface area contributed by atoms with Crippen molar-refractivity contribution in [1.82, 2.24) is 14.7 Å². The number of aliphatic carboxylic acids is 1. The molecule has 0 aromatic carbocycles. The Bertz CT molecular complexity index is 1520. The molecule has 9 nitrogen and oxygen atoms in total. The van der Waals surface area contributed by atoms with Crippen molar-refractivity contribution >= 4 is 23.8 Å². The lowest BCUT2D eigenvalue weighted by molar-refractivity contribution is -0.250. The van der Waals surface area contributed by atoms with E-state index in [1.807, 2.05) is 23.9 Å². The third kappa shape index (κ3) is 6.66. The number of carboxylic acids is 1. The summed E-state index contributed by atoms with van der Waals surface area (Å²) in [5.74, 6) is 1.20. The molecule has 5 saturated carbocycles. The summed E-state index contributed by atoms with van der Waals surface area (Å²) in [5, 5.41) is 9.62. The van der Waals surface area contributed by atoms with Crippen LogP contribution in [0.15, 0.2) is 12.2 Å². The van der Waals surface area contributed by atoms with Crippen molar-refractivity contribution in [3.8, 4) is 0 Å². The maximum Gasteiger partial charge on any atom is 0.309 e. The molecule has 0 aromatic rings. The molecule has 5 aliphatic carbocycles. The van der Waals surface area contributed by atoms with Gasteiger partial charge in [-0.15, -0.1) is 0 Å². The van der Waals surface area contributed by atoms with Gasteiger partial charge < -0.3 is 24.5 Å². The number of piperazine rings is 1. The number of hydrogen-bond donors (Lipinski definition) is 1. The number of fused-ring (bicyclic) bond motifs is 7. The molecule has 6 fully saturated rings. The van der Waals surface area contributed by atoms with Gasteiger partial charge in [-0.25, -0.2) is 0 Å². The molecule has 0 unspecified atom stereocenters. The van der Waals surface area contributed by atoms with Crippen LogP contribution in [-0.4, -0.2) is 96.5 Å². The van der Waals surface area contributed by atoms with Crippen LogP contribution in [0.3, 0.4) is 0 Å². The number of esters is 1. The molecule has 1 heterocycles. The predicted octanol–water partition coefficient (Wildman–Crippen LogP) is 7.68. The molecule has 1 aliphatic heterocycles. The summed E-state index contributed by atoms with van der Waals surface area (Å²) < 4.78 is 6.19. The quantitative estimate of drug-likeness (QED) is 0.180. The van der Waals surface area contributed by atoms with Crippen LogP contribution in [0.2, 0.25) is 0 Å². The van der Waals surface area contributed by atoms with Crippen LogP contribution in [0.1, 0.15) is 132 Å². The number of allylic oxidation sites excluding steroid dienone is 1. The van der Waals surface area contributed by atoms with Gasteiger partial charge in [0, 0.05) is 38.0 Å². The van der Waals surface area contributed by atoms with E-state index in [2.05, 4.69) is 53.0 Å². The van der Waals surface area contributed by atoms with Crippen LogP contribution in [0.5, 0.6) is 0 Å². The molecule has 6 rings (SSSR count). The largest absolute Gasteiger partial charge is 0.481 e. The van der Waals surface area contributed by atoms with Gasteiger partial charge in [0.15, 0.2) is 0 Å². The highest BCUT2D eigenvalue weighted by atomic mass is 16.5. The predicted molar refractivity (Wildman–Crippen MR) is 211 cm³/mol. The third-order valence-electron chi connectivity index (χ3n) is 17.6. The molecular formula is C45H73N3O6. The zero-order valence-corrected chi connectivity index (χ0v) is 35.5. The lowest BCUT2D eigenvalue weighted by Crippen LogP contribution is -2.67. The molecule has 0 aromatic heterocycles. The van der Waals surface area contributed by atoms with E-state index in [0.29, 0.717) is 55.6 Å². The molecule has 10 atom stereocenters. The SMILES string of the molecule is C=C(C)[C@@H]1CC[C@]2(CC(=O)N3CCN(CCN(C)C)C(=O)C3)CC[C@]3(C)[C@H](CC[C@@H]4[C@@]5(C)CC[C@H](OC(=O)CC(C)(C)C(=O)O)C(C)(C)[C@@H]5CC[C@]43C)[C@@H]12. The van der Waals surface area contributed by atoms with Gasteiger partial charge in [-0.2, -0.15) is 0 Å². The van der Waals surface area contributed by atoms with Crippen molar-refractivity contribution in [1.29, 1.82) is 0 Å². The Balaban J connectivity index is 1.21. The molecule has 0 bridgehead atoms. The number of carbonyl (C=O) groups is 4. The summed E-state index contributed by atoms with van der Waals surface area (Å²) in [7, 11) is 4.05. The third-order valence-corrected chi connectivity index (χ3v) is 17.6. The molecule has 9 heteroatoms. The highest BCUT2D eigenvalue weighted by Crippen LogP contribution is 2.78. The highest BCUT2D eigenvalue weighted by Gasteiger charge is 2.71. The average Bonchev–Trinajstić information content (AvgIpc) is 3.45. The second-order valence-electron chi connectivity index (χ2n) is 21.4. The number of amides is 2. The first-order valence-corrected chi connectivity index (χ1v) is 21.3. The molecule has 0 radical (unpaired) electrons. The summed E-state index contributed by atoms with van der Waals surface area (Å²) in [5.41, 5.74) is 0.268. The van der Waals surface area contributed by atoms with Gasteiger partial charge in [0.2, 0.25) is 11.8 Å². The zero-order valence-electron chi connectivity index (χ0n) is 35.5. The van der Waals surface area contributed by atoms with E-state index >= 15 is 0 Å². The minimum absolute atomic E-state index is 0.0422. The Morgan fingerprint density at radius 2 is 1.61 bits per heavy atom. The van der Waals surface area contributed by atoms with Crippen LogP contribution in [0.4, 0.5) is 0 Å². The van der Waals surface area contributed by atoms with E-state index in [-0.39, 0.29) is 58.0 Å². The van der Waals surface area contributed by atoms with Crippen LogP contribution >= 0.6 is 0 Å². The van der Waals surface area contributed by atoms with E-state index in [9.17, 15) is 24.3 Å². The average molecular weight is 752 g/mol. The first-order chi connectivity index (χ1) is 25.0. The molecule has 2 amide bonds. The van der Waals surface area contributed by atoms with Crippen molar-refractivity contribution in [2.45, 2.75) is 139 Å². The van der Waals surface area contributed by atoms with Gasteiger partial charge in [-0.05, 0) is 150 Å². The molecule has 54 heavy (non-hydrogen) atoms. The Hall–Kier alpha value is -2.42. The first-order valence-electron chi connectivity index (χ1n) is 21.3. The number of hydrogen-bond acceptors (Lipinski definition) is 6. The lowest BCUT2D eigenvalue weighted by atomic mass is 9.32. The maximum atomic E-state index is 14.2. The molecule has 304 valence electrons. The second-order valence-corrected chi connectivity index (χ2v) is 21.4. The van der Waals surface area contributed by atoms with Gasteiger partial charge >= 0.3 is 11.9 Å². The summed E-state index contributed by atoms with van der Waals surface area (Å²) in [6.07, 6.45) is 11.0. The van der Waals surface area contributed by atoms with E-state index in [4.69, 9.17) is 4.74 Å². The summed E-state index contributed by atoms with van der Waals surface area (Å²) in [4.78, 5) is 58.1. The van der Waals surface area contributed by atoms with Gasteiger partial charge in [-0.3, -0.25) is 19.2 Å². The summed E-state index contributed by atoms with van der Waals surface area (Å²) in [6.45, 7) is 25.3. The van der Waals surface area contributed by atoms with Crippen LogP contribution in [0.25, 0.3) is 0 Å². The van der Waals surface area contributed by atoms with Crippen LogP contribution in [0, 0.1) is 62.1 Å². The number of likely N-dealkylation sites (N-methyl/N-ethyl adjacent to an activating group) is 1. The summed E-state index contributed by atoms with van der Waals surface area (Å²) in [6, 6.07) is 0. The smallest absolute Gasteiger partial charge is 0.309 e. The highest BCUT2D eigenvalue weighted by molar-refractivity contribution is 5.86. The second kappa shape index (κ2) is 14.2. The number of nitrogens with zero attached hydrogens (tertiary/aromatic N) is 3. The van der Waals surface area contributed by atoms with E-state index in [1.165, 1.54) is 18.4 Å². The molecule has 1 saturated heterocycles. The fraction of sp³-hybridized carbons (Fsp3) is 0.867. The Labute approximate surface area is 326 Å². The summed E-state index contributed by atoms with van der Waals surface area (Å²) >= 11 is 0. The van der Waals surface area contributed by atoms with Crippen LogP contribution < -0.4 is 0 Å². The van der Waals surface area contributed by atoms with Crippen molar-refractivity contribution in [2.75, 3.05) is 46.8 Å².